The van der Waals surface area contributed by atoms with E-state index in [1.807, 2.05) is 7.11 Å². The third-order valence-electron chi connectivity index (χ3n) is 4.71. The van der Waals surface area contributed by atoms with Gasteiger partial charge < -0.3 is 4.74 Å². The van der Waals surface area contributed by atoms with E-state index in [2.05, 4.69) is 53.4 Å². The molecule has 0 unspecified atom stereocenters. The van der Waals surface area contributed by atoms with E-state index in [1.54, 1.807) is 0 Å². The standard InChI is InChI=1S/C18H19NO/c1-20-17-10-13-6-4-5-9-16(13)18(17)19-11-14-7-2-3-8-15(14)12-19/h2-9,17-18H,10-12H2,1H3/t17-,18-/m1/s1. The van der Waals surface area contributed by atoms with Crippen molar-refractivity contribution in [1.29, 1.82) is 0 Å². The van der Waals surface area contributed by atoms with Crippen LogP contribution in [0, 0.1) is 0 Å². The molecule has 0 radical (unpaired) electrons. The Balaban J connectivity index is 1.69. The zero-order valence-corrected chi connectivity index (χ0v) is 11.8. The monoisotopic (exact) mass is 265 g/mol. The molecule has 2 heteroatoms. The predicted molar refractivity (Wildman–Crippen MR) is 79.4 cm³/mol. The fourth-order valence-corrected chi connectivity index (χ4v) is 3.74. The largest absolute Gasteiger partial charge is 0.379 e. The fraction of sp³-hybridized carbons (Fsp3) is 0.333. The molecule has 102 valence electrons. The summed E-state index contributed by atoms with van der Waals surface area (Å²) >= 11 is 0. The number of ether oxygens (including phenoxy) is 1. The molecule has 0 bridgehead atoms. The van der Waals surface area contributed by atoms with Crippen LogP contribution in [0.25, 0.3) is 0 Å². The second-order valence-corrected chi connectivity index (χ2v) is 5.80. The summed E-state index contributed by atoms with van der Waals surface area (Å²) in [5, 5.41) is 0. The van der Waals surface area contributed by atoms with Crippen molar-refractivity contribution in [3.8, 4) is 0 Å². The molecule has 2 atom stereocenters. The quantitative estimate of drug-likeness (QED) is 0.826. The lowest BCUT2D eigenvalue weighted by molar-refractivity contribution is 0.0221. The molecule has 1 heterocycles. The van der Waals surface area contributed by atoms with Crippen LogP contribution in [0.1, 0.15) is 28.3 Å². The number of nitrogens with zero attached hydrogens (tertiary/aromatic N) is 1. The topological polar surface area (TPSA) is 12.5 Å². The Morgan fingerprint density at radius 2 is 1.50 bits per heavy atom. The van der Waals surface area contributed by atoms with Gasteiger partial charge in [0.2, 0.25) is 0 Å². The van der Waals surface area contributed by atoms with Crippen molar-refractivity contribution in [2.75, 3.05) is 7.11 Å². The Labute approximate surface area is 120 Å². The first kappa shape index (κ1) is 12.1. The molecule has 20 heavy (non-hydrogen) atoms. The zero-order chi connectivity index (χ0) is 13.5. The molecular weight excluding hydrogens is 246 g/mol. The van der Waals surface area contributed by atoms with E-state index in [4.69, 9.17) is 4.74 Å². The van der Waals surface area contributed by atoms with Crippen molar-refractivity contribution in [3.05, 3.63) is 70.8 Å². The first-order chi connectivity index (χ1) is 9.86. The first-order valence-electron chi connectivity index (χ1n) is 7.28. The number of methoxy groups -OCH3 is 1. The van der Waals surface area contributed by atoms with Crippen LogP contribution in [0.4, 0.5) is 0 Å². The third-order valence-corrected chi connectivity index (χ3v) is 4.71. The maximum atomic E-state index is 5.78. The molecule has 2 aliphatic rings. The van der Waals surface area contributed by atoms with Crippen LogP contribution in [0.3, 0.4) is 0 Å². The molecule has 0 saturated carbocycles. The lowest BCUT2D eigenvalue weighted by Gasteiger charge is -2.29. The van der Waals surface area contributed by atoms with Gasteiger partial charge in [-0.1, -0.05) is 48.5 Å². The summed E-state index contributed by atoms with van der Waals surface area (Å²) in [5.74, 6) is 0. The molecule has 0 amide bonds. The summed E-state index contributed by atoms with van der Waals surface area (Å²) < 4.78 is 5.78. The lowest BCUT2D eigenvalue weighted by atomic mass is 10.1. The van der Waals surface area contributed by atoms with Gasteiger partial charge in [-0.05, 0) is 22.3 Å². The van der Waals surface area contributed by atoms with Gasteiger partial charge in [0.1, 0.15) is 0 Å². The SMILES string of the molecule is CO[C@@H]1Cc2ccccc2[C@H]1N1Cc2ccccc2C1. The van der Waals surface area contributed by atoms with Gasteiger partial charge in [-0.3, -0.25) is 4.90 Å². The van der Waals surface area contributed by atoms with Gasteiger partial charge in [-0.2, -0.15) is 0 Å². The highest BCUT2D eigenvalue weighted by Crippen LogP contribution is 2.41. The minimum atomic E-state index is 0.279. The molecule has 1 aliphatic heterocycles. The maximum absolute atomic E-state index is 5.78. The first-order valence-corrected chi connectivity index (χ1v) is 7.28. The molecule has 4 rings (SSSR count). The van der Waals surface area contributed by atoms with Crippen molar-refractivity contribution in [2.45, 2.75) is 31.7 Å². The highest BCUT2D eigenvalue weighted by Gasteiger charge is 2.38. The Morgan fingerprint density at radius 1 is 0.900 bits per heavy atom. The summed E-state index contributed by atoms with van der Waals surface area (Å²) in [7, 11) is 1.84. The molecule has 0 spiro atoms. The zero-order valence-electron chi connectivity index (χ0n) is 11.8. The minimum absolute atomic E-state index is 0.279. The molecule has 0 fully saturated rings. The van der Waals surface area contributed by atoms with Gasteiger partial charge in [-0.25, -0.2) is 0 Å². The molecule has 0 saturated heterocycles. The van der Waals surface area contributed by atoms with Gasteiger partial charge in [0.25, 0.3) is 0 Å². The van der Waals surface area contributed by atoms with E-state index in [-0.39, 0.29) is 6.10 Å². The van der Waals surface area contributed by atoms with Crippen LogP contribution in [-0.4, -0.2) is 18.1 Å². The van der Waals surface area contributed by atoms with E-state index in [0.717, 1.165) is 19.5 Å². The highest BCUT2D eigenvalue weighted by atomic mass is 16.5. The van der Waals surface area contributed by atoms with E-state index in [1.165, 1.54) is 22.3 Å². The molecule has 0 aromatic heterocycles. The van der Waals surface area contributed by atoms with Crippen molar-refractivity contribution >= 4 is 0 Å². The highest BCUT2D eigenvalue weighted by molar-refractivity contribution is 5.38. The maximum Gasteiger partial charge on any atom is 0.0808 e. The Morgan fingerprint density at radius 3 is 2.15 bits per heavy atom. The van der Waals surface area contributed by atoms with Crippen LogP contribution in [0.5, 0.6) is 0 Å². The summed E-state index contributed by atoms with van der Waals surface area (Å²) in [6.45, 7) is 2.07. The van der Waals surface area contributed by atoms with E-state index in [9.17, 15) is 0 Å². The normalized spacial score (nSPS) is 24.6. The number of rotatable bonds is 2. The Hall–Kier alpha value is -1.64. The predicted octanol–water partition coefficient (Wildman–Crippen LogP) is 3.31. The average molecular weight is 265 g/mol. The van der Waals surface area contributed by atoms with E-state index in [0.29, 0.717) is 6.04 Å². The van der Waals surface area contributed by atoms with Crippen LogP contribution in [0.2, 0.25) is 0 Å². The van der Waals surface area contributed by atoms with Crippen molar-refractivity contribution < 1.29 is 4.74 Å². The number of hydrogen-bond donors (Lipinski definition) is 0. The Bertz CT molecular complexity index is 612. The van der Waals surface area contributed by atoms with Gasteiger partial charge >= 0.3 is 0 Å². The fourth-order valence-electron chi connectivity index (χ4n) is 3.74. The van der Waals surface area contributed by atoms with Gasteiger partial charge in [0, 0.05) is 26.6 Å². The number of fused-ring (bicyclic) bond motifs is 2. The smallest absolute Gasteiger partial charge is 0.0808 e. The molecule has 2 aromatic carbocycles. The lowest BCUT2D eigenvalue weighted by Crippen LogP contribution is -2.31. The summed E-state index contributed by atoms with van der Waals surface area (Å²) in [4.78, 5) is 2.56. The molecule has 2 nitrogen and oxygen atoms in total. The van der Waals surface area contributed by atoms with Gasteiger partial charge in [0.05, 0.1) is 12.1 Å². The number of benzene rings is 2. The van der Waals surface area contributed by atoms with Crippen molar-refractivity contribution in [2.24, 2.45) is 0 Å². The minimum Gasteiger partial charge on any atom is -0.379 e. The third kappa shape index (κ3) is 1.80. The second kappa shape index (κ2) is 4.72. The molecule has 0 N–H and O–H groups in total. The van der Waals surface area contributed by atoms with Crippen LogP contribution < -0.4 is 0 Å². The average Bonchev–Trinajstić information content (AvgIpc) is 3.07. The summed E-state index contributed by atoms with van der Waals surface area (Å²) in [6.07, 6.45) is 1.31. The van der Waals surface area contributed by atoms with Crippen molar-refractivity contribution in [1.82, 2.24) is 4.90 Å². The van der Waals surface area contributed by atoms with E-state index >= 15 is 0 Å². The van der Waals surface area contributed by atoms with Crippen LogP contribution >= 0.6 is 0 Å². The number of hydrogen-bond acceptors (Lipinski definition) is 2. The van der Waals surface area contributed by atoms with Crippen LogP contribution in [-0.2, 0) is 24.2 Å². The van der Waals surface area contributed by atoms with E-state index < -0.39 is 0 Å². The van der Waals surface area contributed by atoms with Gasteiger partial charge in [0.15, 0.2) is 0 Å². The molecular formula is C18H19NO. The van der Waals surface area contributed by atoms with Gasteiger partial charge in [-0.15, -0.1) is 0 Å². The van der Waals surface area contributed by atoms with Crippen LogP contribution in [0.15, 0.2) is 48.5 Å². The Kier molecular flexibility index (Phi) is 2.86. The molecule has 1 aliphatic carbocycles. The summed E-state index contributed by atoms with van der Waals surface area (Å²) in [6, 6.07) is 17.9. The van der Waals surface area contributed by atoms with Crippen molar-refractivity contribution in [3.63, 3.8) is 0 Å². The summed E-state index contributed by atoms with van der Waals surface area (Å²) in [5.41, 5.74) is 5.82. The molecule has 2 aromatic rings. The second-order valence-electron chi connectivity index (χ2n) is 5.80.